The molecule has 0 aromatic heterocycles. The van der Waals surface area contributed by atoms with Crippen LogP contribution < -0.4 is 10.2 Å². The molecule has 4 rings (SSSR count). The Morgan fingerprint density at radius 2 is 1.76 bits per heavy atom. The highest BCUT2D eigenvalue weighted by atomic mass is 35.5. The summed E-state index contributed by atoms with van der Waals surface area (Å²) in [4.78, 5) is 29.6. The molecule has 1 aliphatic rings. The standard InChI is InChI=1S/C27H28ClN3O2/c1-2-25(21-9-4-3-5-10-21)26(32)29-23-12-14-24(15-13-23)31-17-7-16-30(27(31)33)19-20-8-6-11-22(28)18-20/h3-6,8-15,18,25H,2,7,16-17,19H2,1H3,(H,29,32). The lowest BCUT2D eigenvalue weighted by atomic mass is 9.95. The number of amides is 3. The van der Waals surface area contributed by atoms with Crippen LogP contribution in [0.3, 0.4) is 0 Å². The Bertz CT molecular complexity index is 1100. The average Bonchev–Trinajstić information content (AvgIpc) is 2.82. The second-order valence-electron chi connectivity index (χ2n) is 8.25. The summed E-state index contributed by atoms with van der Waals surface area (Å²) in [6.45, 7) is 3.93. The van der Waals surface area contributed by atoms with Gasteiger partial charge in [-0.1, -0.05) is 61.0 Å². The summed E-state index contributed by atoms with van der Waals surface area (Å²) in [5.41, 5.74) is 3.56. The van der Waals surface area contributed by atoms with Crippen LogP contribution in [-0.2, 0) is 11.3 Å². The largest absolute Gasteiger partial charge is 0.326 e. The first-order valence-corrected chi connectivity index (χ1v) is 11.7. The monoisotopic (exact) mass is 461 g/mol. The predicted molar refractivity (Wildman–Crippen MR) is 134 cm³/mol. The number of carbonyl (C=O) groups excluding carboxylic acids is 2. The third-order valence-corrected chi connectivity index (χ3v) is 6.18. The molecular formula is C27H28ClN3O2. The van der Waals surface area contributed by atoms with Crippen LogP contribution >= 0.6 is 11.6 Å². The Morgan fingerprint density at radius 1 is 1.00 bits per heavy atom. The number of anilines is 2. The first kappa shape index (κ1) is 22.9. The molecule has 0 aliphatic carbocycles. The topological polar surface area (TPSA) is 52.7 Å². The second kappa shape index (κ2) is 10.5. The maximum Gasteiger partial charge on any atom is 0.324 e. The van der Waals surface area contributed by atoms with E-state index in [1.54, 1.807) is 4.90 Å². The SMILES string of the molecule is CCC(C(=O)Nc1ccc(N2CCCN(Cc3cccc(Cl)c3)C2=O)cc1)c1ccccc1. The third-order valence-electron chi connectivity index (χ3n) is 5.95. The van der Waals surface area contributed by atoms with E-state index in [1.165, 1.54) is 0 Å². The van der Waals surface area contributed by atoms with Gasteiger partial charge in [-0.05, 0) is 60.4 Å². The Kier molecular flexibility index (Phi) is 7.30. The van der Waals surface area contributed by atoms with Gasteiger partial charge in [-0.2, -0.15) is 0 Å². The predicted octanol–water partition coefficient (Wildman–Crippen LogP) is 6.30. The van der Waals surface area contributed by atoms with Gasteiger partial charge < -0.3 is 10.2 Å². The summed E-state index contributed by atoms with van der Waals surface area (Å²) in [6.07, 6.45) is 1.61. The van der Waals surface area contributed by atoms with Crippen molar-refractivity contribution in [3.05, 3.63) is 95.0 Å². The number of rotatable bonds is 7. The molecule has 1 saturated heterocycles. The number of nitrogens with zero attached hydrogens (tertiary/aromatic N) is 2. The average molecular weight is 462 g/mol. The summed E-state index contributed by atoms with van der Waals surface area (Å²) in [5.74, 6) is -0.229. The van der Waals surface area contributed by atoms with E-state index in [-0.39, 0.29) is 17.9 Å². The molecule has 0 saturated carbocycles. The van der Waals surface area contributed by atoms with Crippen LogP contribution in [0.1, 0.15) is 36.8 Å². The van der Waals surface area contributed by atoms with Crippen molar-refractivity contribution in [3.8, 4) is 0 Å². The number of nitrogens with one attached hydrogen (secondary N) is 1. The molecule has 0 bridgehead atoms. The van der Waals surface area contributed by atoms with Gasteiger partial charge in [-0.15, -0.1) is 0 Å². The van der Waals surface area contributed by atoms with Crippen LogP contribution in [0.2, 0.25) is 5.02 Å². The molecule has 1 N–H and O–H groups in total. The number of hydrogen-bond donors (Lipinski definition) is 1. The van der Waals surface area contributed by atoms with Gasteiger partial charge in [0.15, 0.2) is 0 Å². The Balaban J connectivity index is 1.42. The summed E-state index contributed by atoms with van der Waals surface area (Å²) >= 11 is 6.09. The van der Waals surface area contributed by atoms with Crippen molar-refractivity contribution in [2.75, 3.05) is 23.3 Å². The number of halogens is 1. The van der Waals surface area contributed by atoms with Crippen molar-refractivity contribution in [2.45, 2.75) is 32.2 Å². The molecule has 1 unspecified atom stereocenters. The molecule has 3 amide bonds. The number of urea groups is 1. The van der Waals surface area contributed by atoms with Crippen molar-refractivity contribution >= 4 is 34.9 Å². The maximum absolute atomic E-state index is 13.1. The van der Waals surface area contributed by atoms with Crippen molar-refractivity contribution in [1.82, 2.24) is 4.90 Å². The molecule has 1 heterocycles. The molecule has 1 fully saturated rings. The Labute approximate surface area is 200 Å². The van der Waals surface area contributed by atoms with Crippen LogP contribution in [0.5, 0.6) is 0 Å². The zero-order valence-corrected chi connectivity index (χ0v) is 19.5. The minimum Gasteiger partial charge on any atom is -0.326 e. The van der Waals surface area contributed by atoms with Crippen LogP contribution in [0.15, 0.2) is 78.9 Å². The first-order valence-electron chi connectivity index (χ1n) is 11.3. The minimum atomic E-state index is -0.199. The molecule has 6 heteroatoms. The van der Waals surface area contributed by atoms with E-state index < -0.39 is 0 Å². The van der Waals surface area contributed by atoms with Crippen LogP contribution in [0.4, 0.5) is 16.2 Å². The van der Waals surface area contributed by atoms with Crippen LogP contribution in [-0.4, -0.2) is 29.9 Å². The van der Waals surface area contributed by atoms with Gasteiger partial charge in [0.05, 0.1) is 5.92 Å². The number of carbonyl (C=O) groups is 2. The molecule has 1 aliphatic heterocycles. The zero-order chi connectivity index (χ0) is 23.2. The van der Waals surface area contributed by atoms with E-state index in [2.05, 4.69) is 5.32 Å². The molecule has 33 heavy (non-hydrogen) atoms. The van der Waals surface area contributed by atoms with Gasteiger partial charge in [0.25, 0.3) is 0 Å². The summed E-state index contributed by atoms with van der Waals surface area (Å²) < 4.78 is 0. The van der Waals surface area contributed by atoms with E-state index in [0.717, 1.165) is 35.3 Å². The van der Waals surface area contributed by atoms with Crippen molar-refractivity contribution in [1.29, 1.82) is 0 Å². The lowest BCUT2D eigenvalue weighted by Crippen LogP contribution is -2.49. The molecule has 3 aromatic rings. The smallest absolute Gasteiger partial charge is 0.324 e. The number of hydrogen-bond acceptors (Lipinski definition) is 2. The van der Waals surface area contributed by atoms with Gasteiger partial charge in [0.2, 0.25) is 5.91 Å². The normalized spacial score (nSPS) is 14.8. The van der Waals surface area contributed by atoms with E-state index in [1.807, 2.05) is 90.7 Å². The quantitative estimate of drug-likeness (QED) is 0.448. The molecule has 1 atom stereocenters. The lowest BCUT2D eigenvalue weighted by Gasteiger charge is -2.35. The number of benzene rings is 3. The zero-order valence-electron chi connectivity index (χ0n) is 18.7. The molecule has 0 radical (unpaired) electrons. The van der Waals surface area contributed by atoms with Crippen molar-refractivity contribution in [3.63, 3.8) is 0 Å². The fourth-order valence-electron chi connectivity index (χ4n) is 4.24. The molecule has 5 nitrogen and oxygen atoms in total. The first-order chi connectivity index (χ1) is 16.0. The van der Waals surface area contributed by atoms with Gasteiger partial charge in [-0.25, -0.2) is 4.79 Å². The highest BCUT2D eigenvalue weighted by Gasteiger charge is 2.27. The third kappa shape index (κ3) is 5.55. The molecule has 170 valence electrons. The summed E-state index contributed by atoms with van der Waals surface area (Å²) in [7, 11) is 0. The molecular weight excluding hydrogens is 434 g/mol. The van der Waals surface area contributed by atoms with E-state index >= 15 is 0 Å². The maximum atomic E-state index is 13.1. The van der Waals surface area contributed by atoms with Gasteiger partial charge in [-0.3, -0.25) is 9.69 Å². The Morgan fingerprint density at radius 3 is 2.45 bits per heavy atom. The molecule has 0 spiro atoms. The van der Waals surface area contributed by atoms with Gasteiger partial charge in [0.1, 0.15) is 0 Å². The second-order valence-corrected chi connectivity index (χ2v) is 8.68. The highest BCUT2D eigenvalue weighted by molar-refractivity contribution is 6.30. The van der Waals surface area contributed by atoms with Crippen LogP contribution in [0, 0.1) is 0 Å². The van der Waals surface area contributed by atoms with E-state index in [9.17, 15) is 9.59 Å². The summed E-state index contributed by atoms with van der Waals surface area (Å²) in [5, 5.41) is 3.68. The Hall–Kier alpha value is -3.31. The fourth-order valence-corrected chi connectivity index (χ4v) is 4.45. The van der Waals surface area contributed by atoms with Crippen molar-refractivity contribution in [2.24, 2.45) is 0 Å². The van der Waals surface area contributed by atoms with Crippen LogP contribution in [0.25, 0.3) is 0 Å². The fraction of sp³-hybridized carbons (Fsp3) is 0.259. The van der Waals surface area contributed by atoms with E-state index in [4.69, 9.17) is 11.6 Å². The highest BCUT2D eigenvalue weighted by Crippen LogP contribution is 2.26. The van der Waals surface area contributed by atoms with E-state index in [0.29, 0.717) is 24.7 Å². The summed E-state index contributed by atoms with van der Waals surface area (Å²) in [6, 6.07) is 24.9. The van der Waals surface area contributed by atoms with Gasteiger partial charge >= 0.3 is 6.03 Å². The minimum absolute atomic E-state index is 0.0202. The molecule has 3 aromatic carbocycles. The van der Waals surface area contributed by atoms with Gasteiger partial charge in [0, 0.05) is 36.0 Å². The van der Waals surface area contributed by atoms with Crippen molar-refractivity contribution < 1.29 is 9.59 Å². The lowest BCUT2D eigenvalue weighted by molar-refractivity contribution is -0.117.